The largest absolute Gasteiger partial charge is 0.454 e. The number of hydrogen-bond acceptors (Lipinski definition) is 4. The quantitative estimate of drug-likeness (QED) is 0.838. The molecule has 4 nitrogen and oxygen atoms in total. The smallest absolute Gasteiger partial charge is 0.263 e. The van der Waals surface area contributed by atoms with E-state index >= 15 is 0 Å². The Bertz CT molecular complexity index is 730. The first-order valence-corrected chi connectivity index (χ1v) is 8.34. The third-order valence-electron chi connectivity index (χ3n) is 4.13. The molecule has 1 amide bonds. The molecule has 4 rings (SSSR count). The number of nitrogens with zero attached hydrogens (tertiary/aromatic N) is 1. The Morgan fingerprint density at radius 3 is 2.91 bits per heavy atom. The summed E-state index contributed by atoms with van der Waals surface area (Å²) < 4.78 is 11.4. The van der Waals surface area contributed by atoms with Crippen LogP contribution in [0.5, 0.6) is 11.5 Å². The summed E-state index contributed by atoms with van der Waals surface area (Å²) in [5.41, 5.74) is 1.20. The SMILES string of the molecule is O=C(c1ccc(Cl)s1)N1CCC(c2ccc3c(c2)OCO3)C1. The van der Waals surface area contributed by atoms with Crippen LogP contribution in [-0.2, 0) is 0 Å². The summed E-state index contributed by atoms with van der Waals surface area (Å²) in [6.07, 6.45) is 0.963. The fraction of sp³-hybridized carbons (Fsp3) is 0.312. The van der Waals surface area contributed by atoms with Crippen LogP contribution in [-0.4, -0.2) is 30.7 Å². The molecule has 114 valence electrons. The zero-order chi connectivity index (χ0) is 15.1. The van der Waals surface area contributed by atoms with E-state index in [1.54, 1.807) is 12.1 Å². The van der Waals surface area contributed by atoms with E-state index in [1.807, 2.05) is 17.0 Å². The van der Waals surface area contributed by atoms with E-state index in [0.717, 1.165) is 31.0 Å². The molecule has 22 heavy (non-hydrogen) atoms. The van der Waals surface area contributed by atoms with Crippen molar-refractivity contribution in [1.29, 1.82) is 0 Å². The Labute approximate surface area is 137 Å². The van der Waals surface area contributed by atoms with Gasteiger partial charge in [-0.2, -0.15) is 0 Å². The lowest BCUT2D eigenvalue weighted by Crippen LogP contribution is -2.27. The highest BCUT2D eigenvalue weighted by Gasteiger charge is 2.29. The van der Waals surface area contributed by atoms with Gasteiger partial charge < -0.3 is 14.4 Å². The average Bonchev–Trinajstić information content (AvgIpc) is 3.25. The summed E-state index contributed by atoms with van der Waals surface area (Å²) in [7, 11) is 0. The third kappa shape index (κ3) is 2.44. The third-order valence-corrected chi connectivity index (χ3v) is 5.35. The van der Waals surface area contributed by atoms with Crippen LogP contribution < -0.4 is 9.47 Å². The molecule has 0 radical (unpaired) electrons. The van der Waals surface area contributed by atoms with Gasteiger partial charge >= 0.3 is 0 Å². The van der Waals surface area contributed by atoms with Crippen LogP contribution >= 0.6 is 22.9 Å². The molecule has 1 saturated heterocycles. The Morgan fingerprint density at radius 2 is 2.09 bits per heavy atom. The number of halogens is 1. The van der Waals surface area contributed by atoms with E-state index in [-0.39, 0.29) is 12.7 Å². The van der Waals surface area contributed by atoms with Crippen molar-refractivity contribution in [1.82, 2.24) is 4.90 Å². The van der Waals surface area contributed by atoms with Crippen LogP contribution in [0.3, 0.4) is 0 Å². The highest BCUT2D eigenvalue weighted by atomic mass is 35.5. The maximum absolute atomic E-state index is 12.5. The number of hydrogen-bond donors (Lipinski definition) is 0. The highest BCUT2D eigenvalue weighted by molar-refractivity contribution is 7.17. The van der Waals surface area contributed by atoms with Crippen LogP contribution in [0.2, 0.25) is 4.34 Å². The molecular weight excluding hydrogens is 322 g/mol. The fourth-order valence-corrected chi connectivity index (χ4v) is 3.98. The van der Waals surface area contributed by atoms with E-state index in [1.165, 1.54) is 16.9 Å². The summed E-state index contributed by atoms with van der Waals surface area (Å²) in [6.45, 7) is 1.79. The summed E-state index contributed by atoms with van der Waals surface area (Å²) in [5.74, 6) is 2.00. The number of ether oxygens (including phenoxy) is 2. The number of carbonyl (C=O) groups excluding carboxylic acids is 1. The van der Waals surface area contributed by atoms with Crippen LogP contribution in [0.1, 0.15) is 27.6 Å². The lowest BCUT2D eigenvalue weighted by Gasteiger charge is -2.16. The van der Waals surface area contributed by atoms with Gasteiger partial charge in [0.25, 0.3) is 5.91 Å². The summed E-state index contributed by atoms with van der Waals surface area (Å²) >= 11 is 7.25. The van der Waals surface area contributed by atoms with Crippen molar-refractivity contribution in [3.63, 3.8) is 0 Å². The number of fused-ring (bicyclic) bond motifs is 1. The Morgan fingerprint density at radius 1 is 1.23 bits per heavy atom. The molecule has 1 aromatic heterocycles. The molecule has 1 aromatic carbocycles. The van der Waals surface area contributed by atoms with Crippen molar-refractivity contribution in [3.05, 3.63) is 45.1 Å². The van der Waals surface area contributed by atoms with Gasteiger partial charge in [0.15, 0.2) is 11.5 Å². The molecule has 0 spiro atoms. The molecule has 0 saturated carbocycles. The topological polar surface area (TPSA) is 38.8 Å². The zero-order valence-electron chi connectivity index (χ0n) is 11.8. The number of thiophene rings is 1. The molecule has 0 N–H and O–H groups in total. The van der Waals surface area contributed by atoms with Crippen molar-refractivity contribution in [3.8, 4) is 11.5 Å². The van der Waals surface area contributed by atoms with Gasteiger partial charge in [-0.25, -0.2) is 0 Å². The molecule has 1 atom stereocenters. The van der Waals surface area contributed by atoms with Crippen LogP contribution in [0.4, 0.5) is 0 Å². The minimum atomic E-state index is 0.0696. The standard InChI is InChI=1S/C16H14ClNO3S/c17-15-4-3-14(22-15)16(19)18-6-5-11(8-18)10-1-2-12-13(7-10)21-9-20-12/h1-4,7,11H,5-6,8-9H2. The lowest BCUT2D eigenvalue weighted by molar-refractivity contribution is 0.0795. The van der Waals surface area contributed by atoms with Gasteiger partial charge in [0, 0.05) is 19.0 Å². The predicted molar refractivity (Wildman–Crippen MR) is 85.2 cm³/mol. The first kappa shape index (κ1) is 13.9. The molecule has 3 heterocycles. The van der Waals surface area contributed by atoms with E-state index < -0.39 is 0 Å². The van der Waals surface area contributed by atoms with E-state index in [0.29, 0.717) is 15.1 Å². The number of rotatable bonds is 2. The lowest BCUT2D eigenvalue weighted by atomic mass is 9.98. The number of likely N-dealkylation sites (tertiary alicyclic amines) is 1. The number of benzene rings is 1. The van der Waals surface area contributed by atoms with E-state index in [2.05, 4.69) is 6.07 Å². The Balaban J connectivity index is 1.49. The van der Waals surface area contributed by atoms with Crippen LogP contribution in [0.15, 0.2) is 30.3 Å². The molecule has 1 unspecified atom stereocenters. The molecule has 2 aliphatic heterocycles. The summed E-state index contributed by atoms with van der Waals surface area (Å²) in [5, 5.41) is 0. The summed E-state index contributed by atoms with van der Waals surface area (Å²) in [4.78, 5) is 15.1. The normalized spacial score (nSPS) is 19.7. The molecular formula is C16H14ClNO3S. The van der Waals surface area contributed by atoms with Crippen molar-refractivity contribution in [2.45, 2.75) is 12.3 Å². The van der Waals surface area contributed by atoms with E-state index in [9.17, 15) is 4.79 Å². The predicted octanol–water partition coefficient (Wildman–Crippen LogP) is 3.76. The average molecular weight is 336 g/mol. The number of carbonyl (C=O) groups is 1. The Kier molecular flexibility index (Phi) is 3.47. The van der Waals surface area contributed by atoms with Gasteiger partial charge in [-0.05, 0) is 36.2 Å². The highest BCUT2D eigenvalue weighted by Crippen LogP contribution is 2.37. The van der Waals surface area contributed by atoms with E-state index in [4.69, 9.17) is 21.1 Å². The molecule has 6 heteroatoms. The molecule has 1 fully saturated rings. The van der Waals surface area contributed by atoms with Crippen LogP contribution in [0, 0.1) is 0 Å². The van der Waals surface area contributed by atoms with Gasteiger partial charge in [-0.3, -0.25) is 4.79 Å². The van der Waals surface area contributed by atoms with Crippen molar-refractivity contribution in [2.75, 3.05) is 19.9 Å². The second-order valence-corrected chi connectivity index (χ2v) is 7.17. The zero-order valence-corrected chi connectivity index (χ0v) is 13.3. The fourth-order valence-electron chi connectivity index (χ4n) is 2.97. The van der Waals surface area contributed by atoms with Gasteiger partial charge in [0.2, 0.25) is 6.79 Å². The second kappa shape index (κ2) is 5.48. The van der Waals surface area contributed by atoms with Crippen molar-refractivity contribution >= 4 is 28.8 Å². The molecule has 0 aliphatic carbocycles. The molecule has 2 aliphatic rings. The van der Waals surface area contributed by atoms with Gasteiger partial charge in [0.05, 0.1) is 9.21 Å². The molecule has 2 aromatic rings. The van der Waals surface area contributed by atoms with Gasteiger partial charge in [-0.15, -0.1) is 11.3 Å². The minimum absolute atomic E-state index is 0.0696. The second-order valence-electron chi connectivity index (χ2n) is 5.45. The van der Waals surface area contributed by atoms with Crippen LogP contribution in [0.25, 0.3) is 0 Å². The minimum Gasteiger partial charge on any atom is -0.454 e. The summed E-state index contributed by atoms with van der Waals surface area (Å²) in [6, 6.07) is 9.60. The van der Waals surface area contributed by atoms with Crippen molar-refractivity contribution < 1.29 is 14.3 Å². The van der Waals surface area contributed by atoms with Crippen molar-refractivity contribution in [2.24, 2.45) is 0 Å². The first-order valence-electron chi connectivity index (χ1n) is 7.15. The van der Waals surface area contributed by atoms with Gasteiger partial charge in [-0.1, -0.05) is 17.7 Å². The maximum Gasteiger partial charge on any atom is 0.263 e. The monoisotopic (exact) mass is 335 g/mol. The van der Waals surface area contributed by atoms with Gasteiger partial charge in [0.1, 0.15) is 0 Å². The number of amides is 1. The Hall–Kier alpha value is -1.72. The first-order chi connectivity index (χ1) is 10.7. The molecule has 0 bridgehead atoms. The maximum atomic E-state index is 12.5.